The summed E-state index contributed by atoms with van der Waals surface area (Å²) in [5.74, 6) is 0.650. The second-order valence-electron chi connectivity index (χ2n) is 5.84. The second kappa shape index (κ2) is 5.89. The topological polar surface area (TPSA) is 49.3 Å². The molecule has 0 saturated carbocycles. The van der Waals surface area contributed by atoms with Crippen molar-refractivity contribution >= 4 is 6.09 Å². The quantitative estimate of drug-likeness (QED) is 0.840. The Hall–Kier alpha value is -1.51. The predicted octanol–water partition coefficient (Wildman–Crippen LogP) is 3.43. The highest BCUT2D eigenvalue weighted by Crippen LogP contribution is 2.23. The molecule has 0 aromatic heterocycles. The predicted molar refractivity (Wildman–Crippen MR) is 74.0 cm³/mol. The van der Waals surface area contributed by atoms with Gasteiger partial charge in [-0.2, -0.15) is 0 Å². The summed E-state index contributed by atoms with van der Waals surface area (Å²) in [7, 11) is 0. The molecule has 0 spiro atoms. The first-order valence-electron chi connectivity index (χ1n) is 6.37. The minimum Gasteiger partial charge on any atom is -0.465 e. The van der Waals surface area contributed by atoms with Gasteiger partial charge in [-0.05, 0) is 23.5 Å². The standard InChI is InChI=1S/C15H23NO2/c1-11(2)9-12-5-7-13(8-6-12)15(3,4)10-16-14(17)18/h5-8,11,16H,9-10H2,1-4H3,(H,17,18). The van der Waals surface area contributed by atoms with Crippen molar-refractivity contribution in [3.8, 4) is 0 Å². The number of nitrogens with one attached hydrogen (secondary N) is 1. The maximum Gasteiger partial charge on any atom is 0.404 e. The third-order valence-corrected chi connectivity index (χ3v) is 3.06. The molecule has 0 fully saturated rings. The van der Waals surface area contributed by atoms with E-state index in [1.54, 1.807) is 0 Å². The zero-order valence-electron chi connectivity index (χ0n) is 11.7. The second-order valence-corrected chi connectivity index (χ2v) is 5.84. The van der Waals surface area contributed by atoms with Gasteiger partial charge in [0.1, 0.15) is 0 Å². The van der Waals surface area contributed by atoms with Gasteiger partial charge in [-0.3, -0.25) is 0 Å². The molecule has 0 aliphatic heterocycles. The largest absolute Gasteiger partial charge is 0.465 e. The summed E-state index contributed by atoms with van der Waals surface area (Å²) in [4.78, 5) is 10.5. The smallest absolute Gasteiger partial charge is 0.404 e. The van der Waals surface area contributed by atoms with Crippen molar-refractivity contribution in [2.24, 2.45) is 5.92 Å². The van der Waals surface area contributed by atoms with E-state index in [4.69, 9.17) is 5.11 Å². The van der Waals surface area contributed by atoms with Crippen LogP contribution in [0.3, 0.4) is 0 Å². The highest BCUT2D eigenvalue weighted by atomic mass is 16.4. The molecular formula is C15H23NO2. The summed E-state index contributed by atoms with van der Waals surface area (Å²) < 4.78 is 0. The summed E-state index contributed by atoms with van der Waals surface area (Å²) in [6.07, 6.45) is 0.105. The van der Waals surface area contributed by atoms with Gasteiger partial charge in [-0.25, -0.2) is 4.79 Å². The van der Waals surface area contributed by atoms with Crippen molar-refractivity contribution in [2.45, 2.75) is 39.5 Å². The lowest BCUT2D eigenvalue weighted by molar-refractivity contribution is 0.192. The third kappa shape index (κ3) is 4.40. The Bertz CT molecular complexity index is 393. The number of hydrogen-bond donors (Lipinski definition) is 2. The van der Waals surface area contributed by atoms with Crippen LogP contribution < -0.4 is 5.32 Å². The van der Waals surface area contributed by atoms with Gasteiger partial charge in [0.05, 0.1) is 0 Å². The van der Waals surface area contributed by atoms with E-state index in [9.17, 15) is 4.79 Å². The first kappa shape index (κ1) is 14.6. The van der Waals surface area contributed by atoms with Crippen LogP contribution in [0.2, 0.25) is 0 Å². The zero-order chi connectivity index (χ0) is 13.8. The molecule has 3 heteroatoms. The number of hydrogen-bond acceptors (Lipinski definition) is 1. The molecule has 1 aromatic carbocycles. The fourth-order valence-corrected chi connectivity index (χ4v) is 1.96. The van der Waals surface area contributed by atoms with Crippen molar-refractivity contribution in [1.82, 2.24) is 5.32 Å². The van der Waals surface area contributed by atoms with E-state index in [2.05, 4.69) is 43.4 Å². The lowest BCUT2D eigenvalue weighted by Crippen LogP contribution is -2.35. The van der Waals surface area contributed by atoms with Crippen LogP contribution in [0.1, 0.15) is 38.8 Å². The van der Waals surface area contributed by atoms with Gasteiger partial charge in [-0.15, -0.1) is 0 Å². The van der Waals surface area contributed by atoms with Gasteiger partial charge in [0.15, 0.2) is 0 Å². The summed E-state index contributed by atoms with van der Waals surface area (Å²) in [6.45, 7) is 8.91. The maximum atomic E-state index is 10.5. The minimum atomic E-state index is -0.973. The van der Waals surface area contributed by atoms with Gasteiger partial charge < -0.3 is 10.4 Å². The van der Waals surface area contributed by atoms with Crippen LogP contribution in [0.5, 0.6) is 0 Å². The Balaban J connectivity index is 2.73. The molecule has 1 amide bonds. The average Bonchev–Trinajstić information content (AvgIpc) is 2.26. The molecule has 1 aromatic rings. The van der Waals surface area contributed by atoms with E-state index in [0.29, 0.717) is 12.5 Å². The van der Waals surface area contributed by atoms with Gasteiger partial charge in [0, 0.05) is 12.0 Å². The van der Waals surface area contributed by atoms with Gasteiger partial charge in [-0.1, -0.05) is 52.0 Å². The van der Waals surface area contributed by atoms with Crippen LogP contribution in [0.4, 0.5) is 4.79 Å². The van der Waals surface area contributed by atoms with Gasteiger partial charge >= 0.3 is 6.09 Å². The Labute approximate surface area is 109 Å². The van der Waals surface area contributed by atoms with Gasteiger partial charge in [0.25, 0.3) is 0 Å². The number of benzene rings is 1. The Kier molecular flexibility index (Phi) is 4.76. The molecule has 0 saturated heterocycles. The SMILES string of the molecule is CC(C)Cc1ccc(C(C)(C)CNC(=O)O)cc1. The molecule has 0 radical (unpaired) electrons. The van der Waals surface area contributed by atoms with E-state index in [1.807, 2.05) is 13.8 Å². The average molecular weight is 249 g/mol. The van der Waals surface area contributed by atoms with Crippen molar-refractivity contribution in [1.29, 1.82) is 0 Å². The van der Waals surface area contributed by atoms with E-state index < -0.39 is 6.09 Å². The summed E-state index contributed by atoms with van der Waals surface area (Å²) in [5.41, 5.74) is 2.30. The molecule has 100 valence electrons. The van der Waals surface area contributed by atoms with Crippen molar-refractivity contribution in [2.75, 3.05) is 6.54 Å². The fraction of sp³-hybridized carbons (Fsp3) is 0.533. The first-order chi connectivity index (χ1) is 8.31. The molecule has 0 heterocycles. The highest BCUT2D eigenvalue weighted by Gasteiger charge is 2.21. The summed E-state index contributed by atoms with van der Waals surface area (Å²) in [6, 6.07) is 8.47. The van der Waals surface area contributed by atoms with Crippen LogP contribution in [-0.4, -0.2) is 17.7 Å². The molecule has 0 bridgehead atoms. The molecule has 18 heavy (non-hydrogen) atoms. The lowest BCUT2D eigenvalue weighted by Gasteiger charge is -2.25. The van der Waals surface area contributed by atoms with E-state index in [-0.39, 0.29) is 5.41 Å². The van der Waals surface area contributed by atoms with Crippen molar-refractivity contribution in [3.05, 3.63) is 35.4 Å². The Morgan fingerprint density at radius 2 is 1.83 bits per heavy atom. The Morgan fingerprint density at radius 1 is 1.28 bits per heavy atom. The fourth-order valence-electron chi connectivity index (χ4n) is 1.96. The monoisotopic (exact) mass is 249 g/mol. The molecule has 0 unspecified atom stereocenters. The zero-order valence-corrected chi connectivity index (χ0v) is 11.7. The van der Waals surface area contributed by atoms with E-state index in [1.165, 1.54) is 5.56 Å². The number of amides is 1. The van der Waals surface area contributed by atoms with Gasteiger partial charge in [0.2, 0.25) is 0 Å². The minimum absolute atomic E-state index is 0.186. The first-order valence-corrected chi connectivity index (χ1v) is 6.37. The lowest BCUT2D eigenvalue weighted by atomic mass is 9.84. The number of carboxylic acid groups (broad SMARTS) is 1. The Morgan fingerprint density at radius 3 is 2.28 bits per heavy atom. The van der Waals surface area contributed by atoms with Crippen molar-refractivity contribution in [3.63, 3.8) is 0 Å². The summed E-state index contributed by atoms with van der Waals surface area (Å²) in [5, 5.41) is 11.1. The summed E-state index contributed by atoms with van der Waals surface area (Å²) >= 11 is 0. The number of rotatable bonds is 5. The molecular weight excluding hydrogens is 226 g/mol. The number of carbonyl (C=O) groups is 1. The van der Waals surface area contributed by atoms with Crippen LogP contribution in [0, 0.1) is 5.92 Å². The third-order valence-electron chi connectivity index (χ3n) is 3.06. The van der Waals surface area contributed by atoms with Crippen LogP contribution in [0.15, 0.2) is 24.3 Å². The molecule has 0 aliphatic carbocycles. The van der Waals surface area contributed by atoms with Crippen LogP contribution in [-0.2, 0) is 11.8 Å². The van der Waals surface area contributed by atoms with Crippen LogP contribution >= 0.6 is 0 Å². The normalized spacial score (nSPS) is 11.6. The molecule has 0 atom stereocenters. The maximum absolute atomic E-state index is 10.5. The van der Waals surface area contributed by atoms with E-state index >= 15 is 0 Å². The highest BCUT2D eigenvalue weighted by molar-refractivity contribution is 5.64. The molecule has 1 rings (SSSR count). The molecule has 0 aliphatic rings. The van der Waals surface area contributed by atoms with Crippen LogP contribution in [0.25, 0.3) is 0 Å². The van der Waals surface area contributed by atoms with Crippen molar-refractivity contribution < 1.29 is 9.90 Å². The molecule has 3 nitrogen and oxygen atoms in total. The van der Waals surface area contributed by atoms with E-state index in [0.717, 1.165) is 12.0 Å². The molecule has 2 N–H and O–H groups in total.